The fraction of sp³-hybridized carbons (Fsp3) is 0.188. The summed E-state index contributed by atoms with van der Waals surface area (Å²) >= 11 is 0. The zero-order valence-corrected chi connectivity index (χ0v) is 10.9. The molecular weight excluding hydrogens is 224 g/mol. The molecule has 2 rings (SSSR count). The number of para-hydroxylation sites is 1. The summed E-state index contributed by atoms with van der Waals surface area (Å²) in [7, 11) is 0. The highest BCUT2D eigenvalue weighted by molar-refractivity contribution is 5.96. The topological polar surface area (TPSA) is 26.3 Å². The number of benzene rings is 2. The van der Waals surface area contributed by atoms with Gasteiger partial charge < -0.3 is 4.74 Å². The summed E-state index contributed by atoms with van der Waals surface area (Å²) in [5.74, 6) is 1.38. The lowest BCUT2D eigenvalue weighted by Crippen LogP contribution is -1.96. The second kappa shape index (κ2) is 5.05. The van der Waals surface area contributed by atoms with Crippen molar-refractivity contribution in [2.24, 2.45) is 0 Å². The van der Waals surface area contributed by atoms with Crippen LogP contribution >= 0.6 is 0 Å². The Bertz CT molecular complexity index is 565. The van der Waals surface area contributed by atoms with E-state index in [-0.39, 0.29) is 5.78 Å². The first-order valence-electron chi connectivity index (χ1n) is 5.92. The maximum atomic E-state index is 11.5. The molecule has 0 bridgehead atoms. The second-order valence-corrected chi connectivity index (χ2v) is 4.48. The van der Waals surface area contributed by atoms with Gasteiger partial charge in [-0.05, 0) is 56.2 Å². The highest BCUT2D eigenvalue weighted by Gasteiger charge is 2.08. The minimum Gasteiger partial charge on any atom is -0.457 e. The van der Waals surface area contributed by atoms with Crippen molar-refractivity contribution in [1.82, 2.24) is 0 Å². The minimum absolute atomic E-state index is 0.00924. The zero-order valence-electron chi connectivity index (χ0n) is 10.9. The van der Waals surface area contributed by atoms with Gasteiger partial charge in [-0.3, -0.25) is 4.79 Å². The van der Waals surface area contributed by atoms with E-state index in [1.165, 1.54) is 0 Å². The summed E-state index contributed by atoms with van der Waals surface area (Å²) in [5.41, 5.74) is 2.90. The average molecular weight is 240 g/mol. The van der Waals surface area contributed by atoms with Crippen molar-refractivity contribution in [2.45, 2.75) is 20.8 Å². The minimum atomic E-state index is 0.00924. The molecular formula is C16H16O2. The first-order valence-corrected chi connectivity index (χ1v) is 5.92. The molecule has 0 saturated carbocycles. The summed E-state index contributed by atoms with van der Waals surface area (Å²) in [5, 5.41) is 0. The van der Waals surface area contributed by atoms with Crippen LogP contribution in [0.1, 0.15) is 28.4 Å². The fourth-order valence-corrected chi connectivity index (χ4v) is 1.97. The Morgan fingerprint density at radius 3 is 2.22 bits per heavy atom. The molecule has 0 aromatic heterocycles. The first-order chi connectivity index (χ1) is 8.56. The van der Waals surface area contributed by atoms with Gasteiger partial charge in [0.05, 0.1) is 5.56 Å². The molecule has 0 radical (unpaired) electrons. The van der Waals surface area contributed by atoms with Crippen molar-refractivity contribution in [2.75, 3.05) is 0 Å². The first kappa shape index (κ1) is 12.4. The third-order valence-electron chi connectivity index (χ3n) is 2.69. The normalized spacial score (nSPS) is 10.2. The molecule has 0 spiro atoms. The molecule has 2 nitrogen and oxygen atoms in total. The van der Waals surface area contributed by atoms with Crippen LogP contribution in [0.3, 0.4) is 0 Å². The van der Waals surface area contributed by atoms with Crippen molar-refractivity contribution in [3.63, 3.8) is 0 Å². The van der Waals surface area contributed by atoms with Crippen LogP contribution in [0.15, 0.2) is 42.5 Å². The van der Waals surface area contributed by atoms with E-state index in [2.05, 4.69) is 6.07 Å². The van der Waals surface area contributed by atoms with Gasteiger partial charge in [-0.15, -0.1) is 0 Å². The zero-order chi connectivity index (χ0) is 13.1. The lowest BCUT2D eigenvalue weighted by molar-refractivity contribution is 0.101. The number of rotatable bonds is 3. The van der Waals surface area contributed by atoms with Gasteiger partial charge in [0, 0.05) is 0 Å². The van der Waals surface area contributed by atoms with Gasteiger partial charge in [-0.2, -0.15) is 0 Å². The quantitative estimate of drug-likeness (QED) is 0.748. The highest BCUT2D eigenvalue weighted by Crippen LogP contribution is 2.27. The number of aryl methyl sites for hydroxylation is 2. The van der Waals surface area contributed by atoms with E-state index >= 15 is 0 Å². The molecule has 0 amide bonds. The molecule has 2 heteroatoms. The van der Waals surface area contributed by atoms with Crippen LogP contribution in [0.2, 0.25) is 0 Å². The van der Waals surface area contributed by atoms with Gasteiger partial charge in [0.2, 0.25) is 0 Å². The molecule has 0 aliphatic carbocycles. The largest absolute Gasteiger partial charge is 0.457 e. The number of ether oxygens (including phenoxy) is 1. The molecule has 0 unspecified atom stereocenters. The average Bonchev–Trinajstić information content (AvgIpc) is 2.27. The lowest BCUT2D eigenvalue weighted by atomic mass is 10.1. The number of hydrogen-bond acceptors (Lipinski definition) is 2. The monoisotopic (exact) mass is 240 g/mol. The van der Waals surface area contributed by atoms with E-state index in [1.807, 2.05) is 44.2 Å². The van der Waals surface area contributed by atoms with E-state index in [1.54, 1.807) is 13.0 Å². The van der Waals surface area contributed by atoms with E-state index in [0.717, 1.165) is 16.9 Å². The third-order valence-corrected chi connectivity index (χ3v) is 2.69. The Balaban J connectivity index is 2.37. The van der Waals surface area contributed by atoms with E-state index in [4.69, 9.17) is 4.74 Å². The summed E-state index contributed by atoms with van der Waals surface area (Å²) in [6.45, 7) is 5.59. The van der Waals surface area contributed by atoms with Gasteiger partial charge in [0.25, 0.3) is 0 Å². The number of Topliss-reactive ketones (excluding diaryl/α,β-unsaturated/α-hetero) is 1. The maximum Gasteiger partial charge on any atom is 0.163 e. The Hall–Kier alpha value is -2.09. The standard InChI is InChI=1S/C16H16O2/c1-11-8-12(2)10-14(9-11)18-16-7-5-4-6-15(16)13(3)17/h4-10H,1-3H3. The molecule has 2 aromatic rings. The van der Waals surface area contributed by atoms with Crippen LogP contribution in [-0.4, -0.2) is 5.78 Å². The van der Waals surface area contributed by atoms with Crippen LogP contribution < -0.4 is 4.74 Å². The number of ketones is 1. The van der Waals surface area contributed by atoms with Crippen molar-refractivity contribution in [1.29, 1.82) is 0 Å². The predicted octanol–water partition coefficient (Wildman–Crippen LogP) is 4.30. The lowest BCUT2D eigenvalue weighted by Gasteiger charge is -2.10. The molecule has 0 aliphatic heterocycles. The van der Waals surface area contributed by atoms with E-state index < -0.39 is 0 Å². The summed E-state index contributed by atoms with van der Waals surface area (Å²) in [4.78, 5) is 11.5. The smallest absolute Gasteiger partial charge is 0.163 e. The molecule has 0 saturated heterocycles. The SMILES string of the molecule is CC(=O)c1ccccc1Oc1cc(C)cc(C)c1. The molecule has 0 atom stereocenters. The van der Waals surface area contributed by atoms with Crippen LogP contribution in [0.4, 0.5) is 0 Å². The summed E-state index contributed by atoms with van der Waals surface area (Å²) < 4.78 is 5.81. The Kier molecular flexibility index (Phi) is 3.47. The highest BCUT2D eigenvalue weighted by atomic mass is 16.5. The summed E-state index contributed by atoms with van der Waals surface area (Å²) in [6, 6.07) is 13.3. The Labute approximate surface area is 107 Å². The maximum absolute atomic E-state index is 11.5. The fourth-order valence-electron chi connectivity index (χ4n) is 1.97. The van der Waals surface area contributed by atoms with Gasteiger partial charge in [-0.25, -0.2) is 0 Å². The number of carbonyl (C=O) groups excluding carboxylic acids is 1. The Morgan fingerprint density at radius 2 is 1.61 bits per heavy atom. The van der Waals surface area contributed by atoms with Crippen LogP contribution in [0.5, 0.6) is 11.5 Å². The van der Waals surface area contributed by atoms with Crippen molar-refractivity contribution < 1.29 is 9.53 Å². The van der Waals surface area contributed by atoms with E-state index in [9.17, 15) is 4.79 Å². The van der Waals surface area contributed by atoms with Crippen molar-refractivity contribution in [3.8, 4) is 11.5 Å². The molecule has 92 valence electrons. The van der Waals surface area contributed by atoms with Gasteiger partial charge in [-0.1, -0.05) is 18.2 Å². The molecule has 0 fully saturated rings. The van der Waals surface area contributed by atoms with Crippen molar-refractivity contribution in [3.05, 3.63) is 59.2 Å². The van der Waals surface area contributed by atoms with Gasteiger partial charge in [0.15, 0.2) is 5.78 Å². The third kappa shape index (κ3) is 2.77. The van der Waals surface area contributed by atoms with Gasteiger partial charge in [0.1, 0.15) is 11.5 Å². The Morgan fingerprint density at radius 1 is 1.00 bits per heavy atom. The van der Waals surface area contributed by atoms with Crippen LogP contribution in [0, 0.1) is 13.8 Å². The van der Waals surface area contributed by atoms with Crippen LogP contribution in [-0.2, 0) is 0 Å². The molecule has 0 N–H and O–H groups in total. The summed E-state index contributed by atoms with van der Waals surface area (Å²) in [6.07, 6.45) is 0. The van der Waals surface area contributed by atoms with E-state index in [0.29, 0.717) is 11.3 Å². The van der Waals surface area contributed by atoms with Crippen molar-refractivity contribution >= 4 is 5.78 Å². The van der Waals surface area contributed by atoms with Crippen LogP contribution in [0.25, 0.3) is 0 Å². The molecule has 0 aliphatic rings. The number of carbonyl (C=O) groups is 1. The number of hydrogen-bond donors (Lipinski definition) is 0. The van der Waals surface area contributed by atoms with Gasteiger partial charge >= 0.3 is 0 Å². The predicted molar refractivity (Wildman–Crippen MR) is 72.4 cm³/mol. The second-order valence-electron chi connectivity index (χ2n) is 4.48. The molecule has 2 aromatic carbocycles. The molecule has 18 heavy (non-hydrogen) atoms. The molecule has 0 heterocycles.